The molecule has 0 spiro atoms. The van der Waals surface area contributed by atoms with Gasteiger partial charge in [0.1, 0.15) is 48.8 Å². The van der Waals surface area contributed by atoms with E-state index in [4.69, 9.17) is 42.6 Å². The lowest BCUT2D eigenvalue weighted by Gasteiger charge is -2.50. The molecule has 6 aromatic rings. The van der Waals surface area contributed by atoms with E-state index in [1.807, 2.05) is 182 Å². The number of aliphatic hydroxyl groups excluding tert-OH is 1. The van der Waals surface area contributed by atoms with Crippen LogP contribution in [0.15, 0.2) is 182 Å². The Labute approximate surface area is 400 Å². The molecule has 0 bridgehead atoms. The number of hydrogen-bond acceptors (Lipinski definition) is 11. The second-order valence-electron chi connectivity index (χ2n) is 17.1. The first-order valence-corrected chi connectivity index (χ1v) is 23.5. The fourth-order valence-corrected chi connectivity index (χ4v) is 8.58. The van der Waals surface area contributed by atoms with Gasteiger partial charge in [-0.3, -0.25) is 0 Å². The van der Waals surface area contributed by atoms with Gasteiger partial charge < -0.3 is 47.7 Å². The summed E-state index contributed by atoms with van der Waals surface area (Å²) in [4.78, 5) is 0. The molecule has 11 heteroatoms. The van der Waals surface area contributed by atoms with Crippen molar-refractivity contribution in [3.63, 3.8) is 0 Å². The van der Waals surface area contributed by atoms with Gasteiger partial charge in [-0.2, -0.15) is 5.26 Å². The number of ether oxygens (including phenoxy) is 9. The van der Waals surface area contributed by atoms with E-state index >= 15 is 0 Å². The predicted octanol–water partition coefficient (Wildman–Crippen LogP) is 9.30. The summed E-state index contributed by atoms with van der Waals surface area (Å²) in [5.41, 5.74) is 5.80. The van der Waals surface area contributed by atoms with Gasteiger partial charge >= 0.3 is 0 Å². The molecule has 2 saturated heterocycles. The summed E-state index contributed by atoms with van der Waals surface area (Å²) in [5.74, 6) is 0. The molecule has 0 unspecified atom stereocenters. The van der Waals surface area contributed by atoms with E-state index in [2.05, 4.69) is 6.07 Å². The van der Waals surface area contributed by atoms with Crippen molar-refractivity contribution in [2.45, 2.75) is 114 Å². The number of hydrogen-bond donors (Lipinski definition) is 1. The van der Waals surface area contributed by atoms with E-state index in [1.165, 1.54) is 0 Å². The van der Waals surface area contributed by atoms with Gasteiger partial charge in [0, 0.05) is 6.42 Å². The van der Waals surface area contributed by atoms with Crippen LogP contribution in [0.2, 0.25) is 0 Å². The Morgan fingerprint density at radius 1 is 0.397 bits per heavy atom. The van der Waals surface area contributed by atoms with Crippen LogP contribution in [-0.2, 0) is 82.3 Å². The van der Waals surface area contributed by atoms with Gasteiger partial charge in [-0.25, -0.2) is 0 Å². The Kier molecular flexibility index (Phi) is 18.9. The molecule has 354 valence electrons. The number of aliphatic hydroxyl groups is 1. The van der Waals surface area contributed by atoms with Crippen molar-refractivity contribution < 1.29 is 47.7 Å². The third kappa shape index (κ3) is 14.2. The third-order valence-corrected chi connectivity index (χ3v) is 12.1. The molecule has 0 saturated carbocycles. The number of nitriles is 1. The maximum Gasteiger partial charge on any atom is 0.187 e. The number of rotatable bonds is 24. The van der Waals surface area contributed by atoms with E-state index in [-0.39, 0.29) is 52.5 Å². The van der Waals surface area contributed by atoms with Gasteiger partial charge in [0.15, 0.2) is 6.29 Å². The molecule has 11 nitrogen and oxygen atoms in total. The van der Waals surface area contributed by atoms with Crippen molar-refractivity contribution in [2.75, 3.05) is 13.2 Å². The highest BCUT2D eigenvalue weighted by Crippen LogP contribution is 2.36. The van der Waals surface area contributed by atoms with E-state index < -0.39 is 61.2 Å². The monoisotopic (exact) mass is 919 g/mol. The minimum absolute atomic E-state index is 0.0865. The van der Waals surface area contributed by atoms with Crippen molar-refractivity contribution in [3.05, 3.63) is 215 Å². The second-order valence-corrected chi connectivity index (χ2v) is 17.1. The van der Waals surface area contributed by atoms with Crippen LogP contribution < -0.4 is 0 Å². The fourth-order valence-electron chi connectivity index (χ4n) is 8.58. The molecular formula is C57H61NO10. The molecule has 2 aliphatic heterocycles. The first-order valence-electron chi connectivity index (χ1n) is 23.5. The molecule has 2 heterocycles. The van der Waals surface area contributed by atoms with Crippen molar-refractivity contribution >= 4 is 0 Å². The molecule has 1 N–H and O–H groups in total. The smallest absolute Gasteiger partial charge is 0.187 e. The van der Waals surface area contributed by atoms with Crippen LogP contribution >= 0.6 is 0 Å². The van der Waals surface area contributed by atoms with E-state index in [1.54, 1.807) is 0 Å². The van der Waals surface area contributed by atoms with Crippen molar-refractivity contribution in [2.24, 2.45) is 0 Å². The molecule has 8 rings (SSSR count). The van der Waals surface area contributed by atoms with Gasteiger partial charge in [0.25, 0.3) is 0 Å². The third-order valence-electron chi connectivity index (χ3n) is 12.1. The van der Waals surface area contributed by atoms with E-state index in [0.29, 0.717) is 13.2 Å². The average molecular weight is 920 g/mol. The normalized spacial score (nSPS) is 24.8. The number of benzene rings is 6. The van der Waals surface area contributed by atoms with Gasteiger partial charge in [-0.1, -0.05) is 182 Å². The summed E-state index contributed by atoms with van der Waals surface area (Å²) < 4.78 is 61.5. The maximum absolute atomic E-state index is 12.2. The molecule has 0 aromatic heterocycles. The van der Waals surface area contributed by atoms with Crippen molar-refractivity contribution in [3.8, 4) is 6.07 Å². The van der Waals surface area contributed by atoms with Gasteiger partial charge in [0.2, 0.25) is 0 Å². The average Bonchev–Trinajstić information content (AvgIpc) is 3.39. The molecule has 0 amide bonds. The topological polar surface area (TPSA) is 127 Å². The zero-order valence-electron chi connectivity index (χ0n) is 38.2. The Morgan fingerprint density at radius 2 is 0.750 bits per heavy atom. The van der Waals surface area contributed by atoms with Crippen molar-refractivity contribution in [1.29, 1.82) is 5.26 Å². The first-order chi connectivity index (χ1) is 33.6. The molecule has 10 atom stereocenters. The fraction of sp³-hybridized carbons (Fsp3) is 0.351. The number of nitrogens with zero attached hydrogens (tertiary/aromatic N) is 1. The highest BCUT2D eigenvalue weighted by atomic mass is 16.7. The Morgan fingerprint density at radius 3 is 1.16 bits per heavy atom. The Hall–Kier alpha value is -5.59. The SMILES string of the molecule is N#CCC[C@H]1O[C@H](COCc2ccccc2)[C@@H](O[C@@H]2O[C@H](COCc3ccccc3)[C@H](OCc3ccccc3)[C@H](OCc3ccccc3)[C@H]2OCc2ccccc2)[C@H](OCc2ccccc2)[C@H]1O. The molecule has 2 aliphatic rings. The van der Waals surface area contributed by atoms with Crippen LogP contribution in [0.5, 0.6) is 0 Å². The van der Waals surface area contributed by atoms with Crippen molar-refractivity contribution in [1.82, 2.24) is 0 Å². The molecular weight excluding hydrogens is 859 g/mol. The van der Waals surface area contributed by atoms with E-state index in [0.717, 1.165) is 33.4 Å². The van der Waals surface area contributed by atoms with Crippen LogP contribution in [0.4, 0.5) is 0 Å². The Balaban J connectivity index is 1.17. The second kappa shape index (κ2) is 26.2. The lowest BCUT2D eigenvalue weighted by atomic mass is 9.91. The predicted molar refractivity (Wildman–Crippen MR) is 255 cm³/mol. The van der Waals surface area contributed by atoms with E-state index in [9.17, 15) is 10.4 Å². The summed E-state index contributed by atoms with van der Waals surface area (Å²) in [6.45, 7) is 1.77. The van der Waals surface area contributed by atoms with Crippen LogP contribution in [0, 0.1) is 11.3 Å². The highest BCUT2D eigenvalue weighted by molar-refractivity contribution is 5.18. The van der Waals surface area contributed by atoms with Gasteiger partial charge in [-0.15, -0.1) is 0 Å². The summed E-state index contributed by atoms with van der Waals surface area (Å²) in [6, 6.07) is 61.7. The highest BCUT2D eigenvalue weighted by Gasteiger charge is 2.53. The van der Waals surface area contributed by atoms with Crippen LogP contribution in [-0.4, -0.2) is 79.5 Å². The standard InChI is InChI=1S/C57H61NO10/c58-33-19-32-48-51(59)54(63-37-45-26-13-4-14-27-45)53(50(66-48)41-61-35-43-22-9-2-10-23-43)68-57-56(65-39-47-30-17-6-18-31-47)55(64-38-46-28-15-5-16-29-46)52(62-36-44-24-11-3-12-25-44)49(67-57)40-60-34-42-20-7-1-8-21-42/h1-18,20-31,48-57,59H,19,32,34-41H2/t48-,49-,50-,51+,52+,53-,54-,55+,56-,57+/m1/s1. The maximum atomic E-state index is 12.2. The molecule has 68 heavy (non-hydrogen) atoms. The van der Waals surface area contributed by atoms with Gasteiger partial charge in [0.05, 0.1) is 65.0 Å². The molecule has 0 aliphatic carbocycles. The van der Waals surface area contributed by atoms with Crippen LogP contribution in [0.3, 0.4) is 0 Å². The zero-order chi connectivity index (χ0) is 46.6. The summed E-state index contributed by atoms with van der Waals surface area (Å²) in [5, 5.41) is 21.9. The van der Waals surface area contributed by atoms with Crippen LogP contribution in [0.25, 0.3) is 0 Å². The molecule has 6 aromatic carbocycles. The minimum Gasteiger partial charge on any atom is -0.388 e. The largest absolute Gasteiger partial charge is 0.388 e. The molecule has 2 fully saturated rings. The van der Waals surface area contributed by atoms with Gasteiger partial charge in [-0.05, 0) is 39.8 Å². The molecule has 0 radical (unpaired) electrons. The lowest BCUT2D eigenvalue weighted by Crippen LogP contribution is -2.66. The minimum atomic E-state index is -1.17. The summed E-state index contributed by atoms with van der Waals surface area (Å²) in [7, 11) is 0. The lowest BCUT2D eigenvalue weighted by molar-refractivity contribution is -0.361. The van der Waals surface area contributed by atoms with Crippen LogP contribution in [0.1, 0.15) is 46.2 Å². The summed E-state index contributed by atoms with van der Waals surface area (Å²) in [6.07, 6.45) is -8.34. The Bertz CT molecular complexity index is 2340. The zero-order valence-corrected chi connectivity index (χ0v) is 38.2. The quantitative estimate of drug-likeness (QED) is 0.0624. The summed E-state index contributed by atoms with van der Waals surface area (Å²) >= 11 is 0. The first kappa shape index (κ1) is 48.9.